The van der Waals surface area contributed by atoms with E-state index < -0.39 is 36.2 Å². The summed E-state index contributed by atoms with van der Waals surface area (Å²) in [5.41, 5.74) is 1.46. The molecule has 0 aromatic heterocycles. The molecule has 156 valence electrons. The molecule has 1 atom stereocenters. The zero-order valence-electron chi connectivity index (χ0n) is 14.5. The van der Waals surface area contributed by atoms with Crippen LogP contribution in [0.25, 0.3) is 0 Å². The van der Waals surface area contributed by atoms with E-state index in [9.17, 15) is 26.9 Å². The van der Waals surface area contributed by atoms with Crippen LogP contribution in [0.1, 0.15) is 11.1 Å². The van der Waals surface area contributed by atoms with E-state index in [4.69, 9.17) is 16.7 Å². The number of hydrogen-bond acceptors (Lipinski definition) is 8. The van der Waals surface area contributed by atoms with Gasteiger partial charge in [0.1, 0.15) is 16.4 Å². The maximum atomic E-state index is 12.6. The molecule has 1 aliphatic rings. The summed E-state index contributed by atoms with van der Waals surface area (Å²) in [6.45, 7) is -0.195. The van der Waals surface area contributed by atoms with E-state index in [1.165, 1.54) is 6.07 Å². The fraction of sp³-hybridized carbons (Fsp3) is 0.200. The predicted octanol–water partition coefficient (Wildman–Crippen LogP) is 0.968. The number of sulfonamides is 2. The molecule has 1 heterocycles. The van der Waals surface area contributed by atoms with Gasteiger partial charge in [0.2, 0.25) is 20.0 Å². The molecule has 0 bridgehead atoms. The third kappa shape index (κ3) is 4.94. The molecule has 2 aromatic carbocycles. The molecule has 0 radical (unpaired) electrons. The highest BCUT2D eigenvalue weighted by molar-refractivity contribution is 7.90. The Balaban J connectivity index is 1.82. The van der Waals surface area contributed by atoms with Crippen LogP contribution < -0.4 is 15.2 Å². The van der Waals surface area contributed by atoms with Gasteiger partial charge in [0, 0.05) is 6.42 Å². The molecule has 2 aromatic rings. The Kier molecular flexibility index (Phi) is 5.69. The van der Waals surface area contributed by atoms with Crippen LogP contribution >= 0.6 is 11.6 Å². The summed E-state index contributed by atoms with van der Waals surface area (Å²) in [6.07, 6.45) is -0.492. The molecule has 0 spiro atoms. The van der Waals surface area contributed by atoms with E-state index in [2.05, 4.69) is 14.9 Å². The van der Waals surface area contributed by atoms with Gasteiger partial charge in [-0.2, -0.15) is 4.72 Å². The number of anilines is 1. The average molecular weight is 463 g/mol. The average Bonchev–Trinajstić information content (AvgIpc) is 2.58. The van der Waals surface area contributed by atoms with Crippen LogP contribution in [-0.2, 0) is 37.9 Å². The summed E-state index contributed by atoms with van der Waals surface area (Å²) in [7, 11) is -8.22. The zero-order valence-corrected chi connectivity index (χ0v) is 16.9. The summed E-state index contributed by atoms with van der Waals surface area (Å²) in [5.74, 6) is 0. The molecular formula is C15H15ClN4O7S2. The van der Waals surface area contributed by atoms with Crippen LogP contribution in [0.3, 0.4) is 0 Å². The SMILES string of the molecule is NS(=O)(=O)c1cc2c(cc1Cl)NC(Cc1ccc(CO[N+](=O)[O-])cc1)NS2(=O)=O. The number of fused-ring (bicyclic) bond motifs is 1. The van der Waals surface area contributed by atoms with Crippen LogP contribution in [-0.4, -0.2) is 28.1 Å². The lowest BCUT2D eigenvalue weighted by atomic mass is 10.1. The maximum Gasteiger partial charge on any atom is 0.294 e. The van der Waals surface area contributed by atoms with Gasteiger partial charge in [0.25, 0.3) is 5.09 Å². The standard InChI is InChI=1S/C15H15ClN4O7S2/c16-11-6-12-14(7-13(11)28(17,23)24)29(25,26)19-15(18-12)5-9-1-3-10(4-2-9)8-27-20(21)22/h1-4,6-7,15,18-19H,5,8H2,(H2,17,23,24). The Morgan fingerprint density at radius 1 is 1.21 bits per heavy atom. The van der Waals surface area contributed by atoms with E-state index in [1.54, 1.807) is 24.3 Å². The van der Waals surface area contributed by atoms with Gasteiger partial charge < -0.3 is 10.2 Å². The molecule has 0 fully saturated rings. The van der Waals surface area contributed by atoms with Crippen molar-refractivity contribution in [1.29, 1.82) is 0 Å². The normalized spacial score (nSPS) is 17.8. The Labute approximate surface area is 171 Å². The number of benzene rings is 2. The molecule has 0 amide bonds. The van der Waals surface area contributed by atoms with Crippen LogP contribution in [0.2, 0.25) is 5.02 Å². The molecule has 14 heteroatoms. The molecule has 11 nitrogen and oxygen atoms in total. The van der Waals surface area contributed by atoms with Crippen LogP contribution in [0.5, 0.6) is 0 Å². The lowest BCUT2D eigenvalue weighted by molar-refractivity contribution is -0.763. The van der Waals surface area contributed by atoms with Gasteiger partial charge in [0.05, 0.1) is 16.9 Å². The third-order valence-electron chi connectivity index (χ3n) is 4.06. The van der Waals surface area contributed by atoms with Crippen molar-refractivity contribution in [3.05, 3.63) is 62.7 Å². The molecule has 1 aliphatic heterocycles. The number of hydrogen-bond donors (Lipinski definition) is 3. The van der Waals surface area contributed by atoms with Gasteiger partial charge in [-0.3, -0.25) is 0 Å². The number of primary sulfonamides is 1. The molecular weight excluding hydrogens is 448 g/mol. The van der Waals surface area contributed by atoms with Gasteiger partial charge in [-0.15, -0.1) is 10.1 Å². The van der Waals surface area contributed by atoms with Crippen molar-refractivity contribution in [2.75, 3.05) is 5.32 Å². The minimum atomic E-state index is -4.20. The van der Waals surface area contributed by atoms with Crippen LogP contribution in [0.15, 0.2) is 46.2 Å². The first kappa shape index (κ1) is 21.3. The number of nitrogens with zero attached hydrogens (tertiary/aromatic N) is 1. The first-order valence-corrected chi connectivity index (χ1v) is 11.4. The van der Waals surface area contributed by atoms with E-state index in [0.29, 0.717) is 5.56 Å². The number of rotatable bonds is 6. The molecule has 1 unspecified atom stereocenters. The molecule has 0 saturated heterocycles. The Bertz CT molecular complexity index is 1170. The second-order valence-corrected chi connectivity index (χ2v) is 9.78. The third-order valence-corrected chi connectivity index (χ3v) is 6.94. The smallest absolute Gasteiger partial charge is 0.294 e. The van der Waals surface area contributed by atoms with E-state index in [1.807, 2.05) is 0 Å². The monoisotopic (exact) mass is 462 g/mol. The van der Waals surface area contributed by atoms with E-state index >= 15 is 0 Å². The van der Waals surface area contributed by atoms with Gasteiger partial charge in [-0.25, -0.2) is 22.0 Å². The molecule has 4 N–H and O–H groups in total. The highest BCUT2D eigenvalue weighted by atomic mass is 35.5. The predicted molar refractivity (Wildman–Crippen MR) is 102 cm³/mol. The molecule has 0 aliphatic carbocycles. The molecule has 29 heavy (non-hydrogen) atoms. The summed E-state index contributed by atoms with van der Waals surface area (Å²) >= 11 is 5.94. The zero-order chi connectivity index (χ0) is 21.4. The minimum Gasteiger partial charge on any atom is -0.367 e. The van der Waals surface area contributed by atoms with Gasteiger partial charge in [0.15, 0.2) is 0 Å². The molecule has 0 saturated carbocycles. The highest BCUT2D eigenvalue weighted by Gasteiger charge is 2.31. The summed E-state index contributed by atoms with van der Waals surface area (Å²) in [4.78, 5) is 13.7. The fourth-order valence-electron chi connectivity index (χ4n) is 2.78. The Hall–Kier alpha value is -2.45. The van der Waals surface area contributed by atoms with E-state index in [-0.39, 0.29) is 28.6 Å². The lowest BCUT2D eigenvalue weighted by Gasteiger charge is -2.28. The van der Waals surface area contributed by atoms with Crippen molar-refractivity contribution < 1.29 is 26.8 Å². The lowest BCUT2D eigenvalue weighted by Crippen LogP contribution is -2.46. The summed E-state index contributed by atoms with van der Waals surface area (Å²) in [6, 6.07) is 8.71. The van der Waals surface area contributed by atoms with E-state index in [0.717, 1.165) is 11.6 Å². The first-order chi connectivity index (χ1) is 13.5. The van der Waals surface area contributed by atoms with Gasteiger partial charge in [-0.1, -0.05) is 35.9 Å². The highest BCUT2D eigenvalue weighted by Crippen LogP contribution is 2.34. The van der Waals surface area contributed by atoms with Crippen molar-refractivity contribution >= 4 is 37.3 Å². The number of halogens is 1. The Morgan fingerprint density at radius 2 is 1.83 bits per heavy atom. The number of nitrogens with one attached hydrogen (secondary N) is 2. The second kappa shape index (κ2) is 7.76. The minimum absolute atomic E-state index is 0.141. The van der Waals surface area contributed by atoms with Gasteiger partial charge >= 0.3 is 0 Å². The number of nitrogens with two attached hydrogens (primary N) is 1. The maximum absolute atomic E-state index is 12.6. The summed E-state index contributed by atoms with van der Waals surface area (Å²) < 4.78 is 50.7. The largest absolute Gasteiger partial charge is 0.367 e. The van der Waals surface area contributed by atoms with Gasteiger partial charge in [-0.05, 0) is 23.3 Å². The van der Waals surface area contributed by atoms with Crippen molar-refractivity contribution in [2.24, 2.45) is 5.14 Å². The van der Waals surface area contributed by atoms with Crippen LogP contribution in [0, 0.1) is 10.1 Å². The summed E-state index contributed by atoms with van der Waals surface area (Å²) in [5, 5.41) is 17.1. The van der Waals surface area contributed by atoms with Crippen molar-refractivity contribution in [1.82, 2.24) is 4.72 Å². The first-order valence-electron chi connectivity index (χ1n) is 7.96. The van der Waals surface area contributed by atoms with Crippen molar-refractivity contribution in [2.45, 2.75) is 29.0 Å². The Morgan fingerprint density at radius 3 is 2.41 bits per heavy atom. The fourth-order valence-corrected chi connectivity index (χ4v) is 5.28. The second-order valence-electron chi connectivity index (χ2n) is 6.16. The van der Waals surface area contributed by atoms with Crippen molar-refractivity contribution in [3.8, 4) is 0 Å². The quantitative estimate of drug-likeness (QED) is 0.420. The van der Waals surface area contributed by atoms with Crippen LogP contribution in [0.4, 0.5) is 5.69 Å². The van der Waals surface area contributed by atoms with Crippen molar-refractivity contribution in [3.63, 3.8) is 0 Å². The topological polar surface area (TPSA) is 171 Å². The molecule has 3 rings (SSSR count).